The first kappa shape index (κ1) is 18.2. The van der Waals surface area contributed by atoms with Gasteiger partial charge in [0.05, 0.1) is 6.54 Å². The van der Waals surface area contributed by atoms with Crippen molar-refractivity contribution in [3.05, 3.63) is 70.2 Å². The van der Waals surface area contributed by atoms with Gasteiger partial charge in [0, 0.05) is 29.7 Å². The molecule has 2 aromatic carbocycles. The van der Waals surface area contributed by atoms with Crippen LogP contribution in [0.2, 0.25) is 0 Å². The maximum atomic E-state index is 12.9. The number of amides is 1. The van der Waals surface area contributed by atoms with Crippen LogP contribution in [0.3, 0.4) is 0 Å². The molecule has 140 valence electrons. The zero-order valence-electron chi connectivity index (χ0n) is 15.4. The highest BCUT2D eigenvalue weighted by Gasteiger charge is 2.31. The van der Waals surface area contributed by atoms with Gasteiger partial charge in [-0.15, -0.1) is 0 Å². The minimum atomic E-state index is 0.0464. The fourth-order valence-electron chi connectivity index (χ4n) is 3.93. The van der Waals surface area contributed by atoms with Crippen LogP contribution in [0.15, 0.2) is 64.1 Å². The predicted octanol–water partition coefficient (Wildman–Crippen LogP) is 4.22. The van der Waals surface area contributed by atoms with E-state index in [1.807, 2.05) is 29.2 Å². The third-order valence-electron chi connectivity index (χ3n) is 5.42. The van der Waals surface area contributed by atoms with Crippen molar-refractivity contribution in [2.45, 2.75) is 19.3 Å². The highest BCUT2D eigenvalue weighted by Crippen LogP contribution is 2.24. The van der Waals surface area contributed by atoms with E-state index in [0.29, 0.717) is 24.6 Å². The number of carbonyl (C=O) groups is 1. The van der Waals surface area contributed by atoms with Crippen molar-refractivity contribution in [1.29, 1.82) is 0 Å². The summed E-state index contributed by atoms with van der Waals surface area (Å²) in [7, 11) is 0. The van der Waals surface area contributed by atoms with Crippen LogP contribution in [0.1, 0.15) is 28.8 Å². The molecule has 1 amide bonds. The molecule has 0 aliphatic carbocycles. The lowest BCUT2D eigenvalue weighted by Crippen LogP contribution is -2.48. The van der Waals surface area contributed by atoms with Gasteiger partial charge in [0.1, 0.15) is 0 Å². The summed E-state index contributed by atoms with van der Waals surface area (Å²) in [6.45, 7) is 3.32. The highest BCUT2D eigenvalue weighted by molar-refractivity contribution is 9.10. The Hall–Kier alpha value is -2.14. The fourth-order valence-corrected chi connectivity index (χ4v) is 4.20. The molecule has 0 atom stereocenters. The van der Waals surface area contributed by atoms with E-state index >= 15 is 0 Å². The molecule has 2 aliphatic rings. The summed E-state index contributed by atoms with van der Waals surface area (Å²) in [5.41, 5.74) is 2.13. The van der Waals surface area contributed by atoms with E-state index in [1.165, 1.54) is 5.56 Å². The summed E-state index contributed by atoms with van der Waals surface area (Å²) in [5, 5.41) is 0. The first-order chi connectivity index (χ1) is 13.2. The smallest absolute Gasteiger partial charge is 0.260 e. The second kappa shape index (κ2) is 8.26. The minimum absolute atomic E-state index is 0.0464. The van der Waals surface area contributed by atoms with Crippen molar-refractivity contribution in [1.82, 2.24) is 9.80 Å². The molecule has 2 aromatic rings. The largest absolute Gasteiger partial charge is 0.342 e. The number of hydrogen-bond donors (Lipinski definition) is 0. The summed E-state index contributed by atoms with van der Waals surface area (Å²) >= 11 is 3.42. The lowest BCUT2D eigenvalue weighted by Gasteiger charge is -2.36. The third-order valence-corrected chi connectivity index (χ3v) is 5.95. The van der Waals surface area contributed by atoms with Gasteiger partial charge in [-0.05, 0) is 55.0 Å². The highest BCUT2D eigenvalue weighted by atomic mass is 79.9. The van der Waals surface area contributed by atoms with Gasteiger partial charge in [-0.1, -0.05) is 46.3 Å². The molecule has 0 radical (unpaired) electrons. The van der Waals surface area contributed by atoms with E-state index in [1.54, 1.807) is 0 Å². The Morgan fingerprint density at radius 2 is 1.70 bits per heavy atom. The number of carbonyl (C=O) groups excluding carboxylic acids is 1. The van der Waals surface area contributed by atoms with Crippen molar-refractivity contribution >= 4 is 27.8 Å². The van der Waals surface area contributed by atoms with Gasteiger partial charge in [0.15, 0.2) is 0 Å². The quantitative estimate of drug-likeness (QED) is 0.737. The number of piperidine rings is 1. The Balaban J connectivity index is 1.37. The number of rotatable bonds is 3. The number of nitrogens with zero attached hydrogens (tertiary/aromatic N) is 3. The first-order valence-electron chi connectivity index (χ1n) is 9.61. The summed E-state index contributed by atoms with van der Waals surface area (Å²) in [5.74, 6) is 1.62. The standard InChI is InChI=1S/C22H24BrN3O/c23-20-8-6-19(7-9-20)21(27)26-15-12-24-22(26)25-13-10-18(11-14-25)16-17-4-2-1-3-5-17/h1-9,18H,10-16H2. The normalized spacial score (nSPS) is 17.9. The molecule has 0 spiro atoms. The van der Waals surface area contributed by atoms with Gasteiger partial charge in [0.25, 0.3) is 5.91 Å². The van der Waals surface area contributed by atoms with Gasteiger partial charge in [-0.2, -0.15) is 0 Å². The summed E-state index contributed by atoms with van der Waals surface area (Å²) < 4.78 is 0.981. The maximum absolute atomic E-state index is 12.9. The van der Waals surface area contributed by atoms with Crippen LogP contribution in [-0.4, -0.2) is 47.8 Å². The zero-order chi connectivity index (χ0) is 18.6. The minimum Gasteiger partial charge on any atom is -0.342 e. The first-order valence-corrected chi connectivity index (χ1v) is 10.4. The molecular weight excluding hydrogens is 402 g/mol. The number of guanidine groups is 1. The van der Waals surface area contributed by atoms with E-state index in [0.717, 1.165) is 42.8 Å². The summed E-state index contributed by atoms with van der Waals surface area (Å²) in [6.07, 6.45) is 3.44. The van der Waals surface area contributed by atoms with Crippen molar-refractivity contribution in [3.8, 4) is 0 Å². The maximum Gasteiger partial charge on any atom is 0.260 e. The Morgan fingerprint density at radius 1 is 1.00 bits per heavy atom. The van der Waals surface area contributed by atoms with Gasteiger partial charge in [-0.3, -0.25) is 14.7 Å². The van der Waals surface area contributed by atoms with E-state index in [2.05, 4.69) is 56.2 Å². The molecule has 2 heterocycles. The average Bonchev–Trinajstić information content (AvgIpc) is 3.19. The molecule has 0 N–H and O–H groups in total. The van der Waals surface area contributed by atoms with E-state index < -0.39 is 0 Å². The van der Waals surface area contributed by atoms with Crippen molar-refractivity contribution in [2.24, 2.45) is 10.9 Å². The third kappa shape index (κ3) is 4.24. The van der Waals surface area contributed by atoms with E-state index in [9.17, 15) is 4.79 Å². The monoisotopic (exact) mass is 425 g/mol. The summed E-state index contributed by atoms with van der Waals surface area (Å²) in [6, 6.07) is 18.3. The molecule has 5 heteroatoms. The van der Waals surface area contributed by atoms with Crippen LogP contribution >= 0.6 is 15.9 Å². The molecule has 4 nitrogen and oxygen atoms in total. The molecule has 0 unspecified atom stereocenters. The molecule has 2 aliphatic heterocycles. The molecule has 1 saturated heterocycles. The molecule has 0 aromatic heterocycles. The number of hydrogen-bond acceptors (Lipinski definition) is 3. The van der Waals surface area contributed by atoms with Crippen LogP contribution in [0.4, 0.5) is 0 Å². The van der Waals surface area contributed by atoms with Gasteiger partial charge in [-0.25, -0.2) is 0 Å². The Labute approximate surface area is 169 Å². The van der Waals surface area contributed by atoms with Gasteiger partial charge < -0.3 is 4.90 Å². The van der Waals surface area contributed by atoms with Crippen LogP contribution in [0.5, 0.6) is 0 Å². The molecule has 1 fully saturated rings. The topological polar surface area (TPSA) is 35.9 Å². The molecule has 0 bridgehead atoms. The Bertz CT molecular complexity index is 811. The van der Waals surface area contributed by atoms with Crippen molar-refractivity contribution in [2.75, 3.05) is 26.2 Å². The molecular formula is C22H24BrN3O. The van der Waals surface area contributed by atoms with Crippen LogP contribution in [0.25, 0.3) is 0 Å². The Morgan fingerprint density at radius 3 is 2.41 bits per heavy atom. The van der Waals surface area contributed by atoms with Crippen molar-refractivity contribution < 1.29 is 4.79 Å². The van der Waals surface area contributed by atoms with Crippen LogP contribution < -0.4 is 0 Å². The van der Waals surface area contributed by atoms with E-state index in [4.69, 9.17) is 0 Å². The van der Waals surface area contributed by atoms with E-state index in [-0.39, 0.29) is 5.91 Å². The average molecular weight is 426 g/mol. The van der Waals surface area contributed by atoms with Gasteiger partial charge >= 0.3 is 0 Å². The Kier molecular flexibility index (Phi) is 5.58. The predicted molar refractivity (Wildman–Crippen MR) is 112 cm³/mol. The SMILES string of the molecule is O=C(c1ccc(Br)cc1)N1CCN=C1N1CCC(Cc2ccccc2)CC1. The number of benzene rings is 2. The number of likely N-dealkylation sites (tertiary alicyclic amines) is 1. The fraction of sp³-hybridized carbons (Fsp3) is 0.364. The second-order valence-electron chi connectivity index (χ2n) is 7.27. The lowest BCUT2D eigenvalue weighted by molar-refractivity contribution is 0.0839. The summed E-state index contributed by atoms with van der Waals surface area (Å²) in [4.78, 5) is 21.7. The number of aliphatic imine (C=N–C) groups is 1. The second-order valence-corrected chi connectivity index (χ2v) is 8.18. The van der Waals surface area contributed by atoms with Crippen LogP contribution in [-0.2, 0) is 6.42 Å². The van der Waals surface area contributed by atoms with Gasteiger partial charge in [0.2, 0.25) is 5.96 Å². The van der Waals surface area contributed by atoms with Crippen molar-refractivity contribution in [3.63, 3.8) is 0 Å². The van der Waals surface area contributed by atoms with Crippen LogP contribution in [0, 0.1) is 5.92 Å². The zero-order valence-corrected chi connectivity index (χ0v) is 16.9. The molecule has 0 saturated carbocycles. The lowest BCUT2D eigenvalue weighted by atomic mass is 9.90. The molecule has 27 heavy (non-hydrogen) atoms. The number of halogens is 1. The molecule has 4 rings (SSSR count).